The van der Waals surface area contributed by atoms with Crippen LogP contribution in [0.2, 0.25) is 0 Å². The predicted octanol–water partition coefficient (Wildman–Crippen LogP) is 0.947. The number of nitriles is 1. The number of carbonyl (C=O) groups is 1. The van der Waals surface area contributed by atoms with E-state index in [1.807, 2.05) is 10.8 Å². The highest BCUT2D eigenvalue weighted by Crippen LogP contribution is 2.13. The molecule has 1 saturated heterocycles. The van der Waals surface area contributed by atoms with E-state index in [9.17, 15) is 13.2 Å². The van der Waals surface area contributed by atoms with Gasteiger partial charge in [-0.05, 0) is 44.0 Å². The number of hydrogen-bond donors (Lipinski definition) is 1. The molecule has 0 aliphatic carbocycles. The number of benzene rings is 1. The zero-order chi connectivity index (χ0) is 16.9. The molecule has 1 fully saturated rings. The van der Waals surface area contributed by atoms with Crippen LogP contribution >= 0.6 is 0 Å². The van der Waals surface area contributed by atoms with E-state index in [2.05, 4.69) is 0 Å². The number of nitrogens with zero attached hydrogens (tertiary/aromatic N) is 1. The molecule has 1 aliphatic rings. The van der Waals surface area contributed by atoms with Gasteiger partial charge in [0.1, 0.15) is 6.10 Å². The molecular formula is C15H18N2O5S. The fourth-order valence-electron chi connectivity index (χ4n) is 2.09. The molecule has 23 heavy (non-hydrogen) atoms. The first-order chi connectivity index (χ1) is 10.9. The van der Waals surface area contributed by atoms with Gasteiger partial charge in [0.05, 0.1) is 29.2 Å². The maximum atomic E-state index is 12.1. The lowest BCUT2D eigenvalue weighted by Crippen LogP contribution is -2.39. The molecule has 1 aliphatic heterocycles. The van der Waals surface area contributed by atoms with Crippen LogP contribution in [0.4, 0.5) is 0 Å². The first-order valence-electron chi connectivity index (χ1n) is 7.22. The van der Waals surface area contributed by atoms with Gasteiger partial charge in [-0.25, -0.2) is 13.1 Å². The molecule has 0 radical (unpaired) electrons. The molecule has 7 nitrogen and oxygen atoms in total. The first kappa shape index (κ1) is 17.4. The van der Waals surface area contributed by atoms with E-state index < -0.39 is 22.0 Å². The van der Waals surface area contributed by atoms with Crippen molar-refractivity contribution in [3.8, 4) is 6.07 Å². The van der Waals surface area contributed by atoms with Crippen molar-refractivity contribution in [3.05, 3.63) is 29.8 Å². The van der Waals surface area contributed by atoms with Crippen molar-refractivity contribution in [3.63, 3.8) is 0 Å². The highest BCUT2D eigenvalue weighted by atomic mass is 32.2. The summed E-state index contributed by atoms with van der Waals surface area (Å²) in [4.78, 5) is 11.9. The Labute approximate surface area is 135 Å². The standard InChI is InChI=1S/C15H18N2O5S/c1-11(22-10-13-3-2-8-21-13)15(18)17-23(19,20)14-6-4-12(9-16)5-7-14/h4-7,11,13H,2-3,8,10H2,1H3,(H,17,18)/t11-,13+/m0/s1. The second kappa shape index (κ2) is 7.55. The SMILES string of the molecule is C[C@H](OC[C@H]1CCCO1)C(=O)NS(=O)(=O)c1ccc(C#N)cc1. The van der Waals surface area contributed by atoms with Crippen molar-refractivity contribution in [1.82, 2.24) is 4.72 Å². The minimum absolute atomic E-state index is 0.0413. The molecule has 0 spiro atoms. The van der Waals surface area contributed by atoms with E-state index in [0.29, 0.717) is 12.2 Å². The van der Waals surface area contributed by atoms with Crippen molar-refractivity contribution in [2.45, 2.75) is 36.9 Å². The number of carbonyl (C=O) groups excluding carboxylic acids is 1. The molecule has 8 heteroatoms. The third kappa shape index (κ3) is 4.76. The van der Waals surface area contributed by atoms with E-state index >= 15 is 0 Å². The van der Waals surface area contributed by atoms with Crippen LogP contribution in [0.15, 0.2) is 29.2 Å². The van der Waals surface area contributed by atoms with Crippen LogP contribution in [0, 0.1) is 11.3 Å². The summed E-state index contributed by atoms with van der Waals surface area (Å²) in [7, 11) is -3.99. The summed E-state index contributed by atoms with van der Waals surface area (Å²) in [5.74, 6) is -0.743. The summed E-state index contributed by atoms with van der Waals surface area (Å²) in [6, 6.07) is 7.18. The lowest BCUT2D eigenvalue weighted by Gasteiger charge is -2.16. The maximum absolute atomic E-state index is 12.1. The molecule has 0 saturated carbocycles. The fraction of sp³-hybridized carbons (Fsp3) is 0.467. The Balaban J connectivity index is 1.92. The average molecular weight is 338 g/mol. The molecule has 0 unspecified atom stereocenters. The Kier molecular flexibility index (Phi) is 5.71. The summed E-state index contributed by atoms with van der Waals surface area (Å²) in [6.07, 6.45) is 0.882. The van der Waals surface area contributed by atoms with Crippen molar-refractivity contribution >= 4 is 15.9 Å². The molecule has 1 heterocycles. The normalized spacial score (nSPS) is 19.0. The molecular weight excluding hydrogens is 320 g/mol. The summed E-state index contributed by atoms with van der Waals surface area (Å²) < 4.78 is 36.9. The molecule has 124 valence electrons. The molecule has 1 amide bonds. The van der Waals surface area contributed by atoms with Gasteiger partial charge in [0.2, 0.25) is 0 Å². The number of ether oxygens (including phenoxy) is 2. The van der Waals surface area contributed by atoms with Crippen molar-refractivity contribution < 1.29 is 22.7 Å². The van der Waals surface area contributed by atoms with Crippen molar-refractivity contribution in [2.24, 2.45) is 0 Å². The van der Waals surface area contributed by atoms with Crippen LogP contribution < -0.4 is 4.72 Å². The Bertz CT molecular complexity index is 688. The quantitative estimate of drug-likeness (QED) is 0.828. The maximum Gasteiger partial charge on any atom is 0.264 e. The van der Waals surface area contributed by atoms with Crippen LogP contribution in [-0.4, -0.2) is 39.7 Å². The van der Waals surface area contributed by atoms with Gasteiger partial charge in [0, 0.05) is 6.61 Å². The van der Waals surface area contributed by atoms with E-state index in [1.165, 1.54) is 31.2 Å². The summed E-state index contributed by atoms with van der Waals surface area (Å²) in [5, 5.41) is 8.70. The second-order valence-corrected chi connectivity index (χ2v) is 6.90. The van der Waals surface area contributed by atoms with Crippen LogP contribution in [0.1, 0.15) is 25.3 Å². The zero-order valence-electron chi connectivity index (χ0n) is 12.7. The first-order valence-corrected chi connectivity index (χ1v) is 8.71. The molecule has 1 aromatic carbocycles. The summed E-state index contributed by atoms with van der Waals surface area (Å²) in [5.41, 5.74) is 0.337. The van der Waals surface area contributed by atoms with Crippen LogP contribution in [0.5, 0.6) is 0 Å². The number of hydrogen-bond acceptors (Lipinski definition) is 6. The van der Waals surface area contributed by atoms with E-state index in [1.54, 1.807) is 0 Å². The van der Waals surface area contributed by atoms with E-state index in [-0.39, 0.29) is 17.6 Å². The minimum Gasteiger partial charge on any atom is -0.376 e. The van der Waals surface area contributed by atoms with E-state index in [4.69, 9.17) is 14.7 Å². The van der Waals surface area contributed by atoms with Gasteiger partial charge in [0.25, 0.3) is 15.9 Å². The van der Waals surface area contributed by atoms with Crippen LogP contribution in [0.25, 0.3) is 0 Å². The lowest BCUT2D eigenvalue weighted by molar-refractivity contribution is -0.131. The Hall–Kier alpha value is -1.95. The Morgan fingerprint density at radius 3 is 2.74 bits per heavy atom. The topological polar surface area (TPSA) is 105 Å². The molecule has 0 bridgehead atoms. The summed E-state index contributed by atoms with van der Waals surface area (Å²) in [6.45, 7) is 2.42. The molecule has 2 rings (SSSR count). The van der Waals surface area contributed by atoms with Crippen LogP contribution in [-0.2, 0) is 24.3 Å². The number of rotatable bonds is 6. The highest BCUT2D eigenvalue weighted by molar-refractivity contribution is 7.90. The van der Waals surface area contributed by atoms with Gasteiger partial charge in [-0.3, -0.25) is 4.79 Å². The van der Waals surface area contributed by atoms with Gasteiger partial charge >= 0.3 is 0 Å². The predicted molar refractivity (Wildman–Crippen MR) is 80.9 cm³/mol. The Morgan fingerprint density at radius 2 is 2.17 bits per heavy atom. The minimum atomic E-state index is -3.99. The molecule has 1 aromatic rings. The van der Waals surface area contributed by atoms with Crippen molar-refractivity contribution in [1.29, 1.82) is 5.26 Å². The van der Waals surface area contributed by atoms with E-state index in [0.717, 1.165) is 12.8 Å². The lowest BCUT2D eigenvalue weighted by atomic mass is 10.2. The third-order valence-electron chi connectivity index (χ3n) is 3.45. The molecule has 2 atom stereocenters. The third-order valence-corrected chi connectivity index (χ3v) is 4.82. The zero-order valence-corrected chi connectivity index (χ0v) is 13.5. The largest absolute Gasteiger partial charge is 0.376 e. The van der Waals surface area contributed by atoms with Gasteiger partial charge in [0.15, 0.2) is 0 Å². The van der Waals surface area contributed by atoms with Crippen molar-refractivity contribution in [2.75, 3.05) is 13.2 Å². The molecule has 0 aromatic heterocycles. The number of sulfonamides is 1. The van der Waals surface area contributed by atoms with Gasteiger partial charge in [-0.1, -0.05) is 0 Å². The number of nitrogens with one attached hydrogen (secondary N) is 1. The Morgan fingerprint density at radius 1 is 1.48 bits per heavy atom. The highest BCUT2D eigenvalue weighted by Gasteiger charge is 2.24. The number of amides is 1. The van der Waals surface area contributed by atoms with Gasteiger partial charge in [-0.2, -0.15) is 5.26 Å². The average Bonchev–Trinajstić information content (AvgIpc) is 3.05. The fourth-order valence-corrected chi connectivity index (χ4v) is 3.13. The van der Waals surface area contributed by atoms with Gasteiger partial charge < -0.3 is 9.47 Å². The second-order valence-electron chi connectivity index (χ2n) is 5.22. The van der Waals surface area contributed by atoms with Crippen LogP contribution in [0.3, 0.4) is 0 Å². The summed E-state index contributed by atoms with van der Waals surface area (Å²) >= 11 is 0. The molecule has 1 N–H and O–H groups in total. The smallest absolute Gasteiger partial charge is 0.264 e. The van der Waals surface area contributed by atoms with Gasteiger partial charge in [-0.15, -0.1) is 0 Å². The monoisotopic (exact) mass is 338 g/mol.